The van der Waals surface area contributed by atoms with E-state index in [0.717, 1.165) is 32.2 Å². The van der Waals surface area contributed by atoms with E-state index in [2.05, 4.69) is 5.32 Å². The lowest BCUT2D eigenvalue weighted by Crippen LogP contribution is -2.38. The summed E-state index contributed by atoms with van der Waals surface area (Å²) in [6.45, 7) is 7.19. The quantitative estimate of drug-likeness (QED) is 0.446. The summed E-state index contributed by atoms with van der Waals surface area (Å²) < 4.78 is 5.25. The molecule has 0 aliphatic carbocycles. The molecular formula is C12H21NO3. The molecule has 1 N–H and O–H groups in total. The standard InChI is InChI=1S/C12H21NO3/c1-12(2,3)16-11(15)10(8-14)9-4-6-13-7-5-9/h8-10,13H,4-7H2,1-3H3. The molecule has 0 aromatic rings. The van der Waals surface area contributed by atoms with E-state index in [0.29, 0.717) is 0 Å². The van der Waals surface area contributed by atoms with Gasteiger partial charge in [0.2, 0.25) is 0 Å². The molecule has 4 nitrogen and oxygen atoms in total. The fraction of sp³-hybridized carbons (Fsp3) is 0.833. The molecule has 4 heteroatoms. The first kappa shape index (κ1) is 13.2. The van der Waals surface area contributed by atoms with Crippen LogP contribution in [0.4, 0.5) is 0 Å². The largest absolute Gasteiger partial charge is 0.459 e. The van der Waals surface area contributed by atoms with Crippen molar-refractivity contribution in [2.45, 2.75) is 39.2 Å². The van der Waals surface area contributed by atoms with Gasteiger partial charge in [0.25, 0.3) is 0 Å². The zero-order valence-corrected chi connectivity index (χ0v) is 10.3. The average molecular weight is 227 g/mol. The van der Waals surface area contributed by atoms with Crippen molar-refractivity contribution >= 4 is 12.3 Å². The van der Waals surface area contributed by atoms with Crippen molar-refractivity contribution in [3.8, 4) is 0 Å². The van der Waals surface area contributed by atoms with E-state index in [1.54, 1.807) is 0 Å². The highest BCUT2D eigenvalue weighted by Gasteiger charge is 2.32. The molecule has 1 fully saturated rings. The number of hydrogen-bond acceptors (Lipinski definition) is 4. The highest BCUT2D eigenvalue weighted by Crippen LogP contribution is 2.23. The summed E-state index contributed by atoms with van der Waals surface area (Å²) >= 11 is 0. The van der Waals surface area contributed by atoms with Crippen LogP contribution in [0.1, 0.15) is 33.6 Å². The summed E-state index contributed by atoms with van der Waals surface area (Å²) in [5.41, 5.74) is -0.523. The highest BCUT2D eigenvalue weighted by atomic mass is 16.6. The van der Waals surface area contributed by atoms with Gasteiger partial charge in [-0.05, 0) is 52.6 Å². The van der Waals surface area contributed by atoms with Gasteiger partial charge in [-0.15, -0.1) is 0 Å². The molecule has 1 unspecified atom stereocenters. The molecule has 0 bridgehead atoms. The Hall–Kier alpha value is -0.900. The van der Waals surface area contributed by atoms with Crippen LogP contribution in [0.2, 0.25) is 0 Å². The number of carbonyl (C=O) groups excluding carboxylic acids is 2. The van der Waals surface area contributed by atoms with Gasteiger partial charge in [-0.25, -0.2) is 0 Å². The summed E-state index contributed by atoms with van der Waals surface area (Å²) in [4.78, 5) is 22.8. The van der Waals surface area contributed by atoms with Crippen LogP contribution >= 0.6 is 0 Å². The summed E-state index contributed by atoms with van der Waals surface area (Å²) in [7, 11) is 0. The van der Waals surface area contributed by atoms with Gasteiger partial charge in [-0.2, -0.15) is 0 Å². The van der Waals surface area contributed by atoms with E-state index in [-0.39, 0.29) is 11.9 Å². The summed E-state index contributed by atoms with van der Waals surface area (Å²) in [6.07, 6.45) is 2.47. The maximum absolute atomic E-state index is 11.8. The van der Waals surface area contributed by atoms with Gasteiger partial charge in [0.1, 0.15) is 17.8 Å². The highest BCUT2D eigenvalue weighted by molar-refractivity contribution is 5.88. The Labute approximate surface area is 96.7 Å². The average Bonchev–Trinajstić information content (AvgIpc) is 2.17. The minimum atomic E-state index is -0.596. The minimum absolute atomic E-state index is 0.133. The van der Waals surface area contributed by atoms with Crippen LogP contribution in [-0.2, 0) is 14.3 Å². The molecular weight excluding hydrogens is 206 g/mol. The molecule has 0 saturated carbocycles. The van der Waals surface area contributed by atoms with E-state index in [9.17, 15) is 9.59 Å². The summed E-state index contributed by atoms with van der Waals surface area (Å²) in [5, 5.41) is 3.21. The Morgan fingerprint density at radius 3 is 2.38 bits per heavy atom. The Morgan fingerprint density at radius 2 is 1.94 bits per heavy atom. The number of carbonyl (C=O) groups is 2. The Kier molecular flexibility index (Phi) is 4.47. The molecule has 92 valence electrons. The number of aldehydes is 1. The minimum Gasteiger partial charge on any atom is -0.459 e. The van der Waals surface area contributed by atoms with Crippen LogP contribution in [0.3, 0.4) is 0 Å². The van der Waals surface area contributed by atoms with E-state index < -0.39 is 11.5 Å². The molecule has 1 saturated heterocycles. The second-order valence-corrected chi connectivity index (χ2v) is 5.28. The predicted molar refractivity (Wildman–Crippen MR) is 61.0 cm³/mol. The maximum atomic E-state index is 11.8. The predicted octanol–water partition coefficient (Wildman–Crippen LogP) is 1.14. The van der Waals surface area contributed by atoms with Crippen LogP contribution in [0.15, 0.2) is 0 Å². The Balaban J connectivity index is 2.58. The molecule has 1 aliphatic rings. The molecule has 0 spiro atoms. The normalized spacial score (nSPS) is 20.2. The van der Waals surface area contributed by atoms with Gasteiger partial charge < -0.3 is 14.8 Å². The summed E-state index contributed by atoms with van der Waals surface area (Å²) in [6, 6.07) is 0. The van der Waals surface area contributed by atoms with Crippen molar-refractivity contribution in [1.29, 1.82) is 0 Å². The third-order valence-corrected chi connectivity index (χ3v) is 2.72. The Bertz CT molecular complexity index is 251. The van der Waals surface area contributed by atoms with Gasteiger partial charge in [-0.1, -0.05) is 0 Å². The molecule has 16 heavy (non-hydrogen) atoms. The molecule has 0 aromatic heterocycles. The van der Waals surface area contributed by atoms with Crippen molar-refractivity contribution in [1.82, 2.24) is 5.32 Å². The fourth-order valence-electron chi connectivity index (χ4n) is 1.93. The van der Waals surface area contributed by atoms with E-state index >= 15 is 0 Å². The fourth-order valence-corrected chi connectivity index (χ4v) is 1.93. The first-order valence-electron chi connectivity index (χ1n) is 5.83. The zero-order chi connectivity index (χ0) is 12.2. The Morgan fingerprint density at radius 1 is 1.38 bits per heavy atom. The van der Waals surface area contributed by atoms with Gasteiger partial charge >= 0.3 is 5.97 Å². The lowest BCUT2D eigenvalue weighted by molar-refractivity contribution is -0.162. The summed E-state index contributed by atoms with van der Waals surface area (Å²) in [5.74, 6) is -0.843. The monoisotopic (exact) mass is 227 g/mol. The number of piperidine rings is 1. The van der Waals surface area contributed by atoms with Gasteiger partial charge in [0, 0.05) is 0 Å². The third-order valence-electron chi connectivity index (χ3n) is 2.72. The van der Waals surface area contributed by atoms with Gasteiger partial charge in [-0.3, -0.25) is 4.79 Å². The van der Waals surface area contributed by atoms with Crippen molar-refractivity contribution in [2.24, 2.45) is 11.8 Å². The van der Waals surface area contributed by atoms with Crippen LogP contribution in [0, 0.1) is 11.8 Å². The molecule has 1 aliphatic heterocycles. The van der Waals surface area contributed by atoms with Gasteiger partial charge in [0.15, 0.2) is 0 Å². The first-order chi connectivity index (χ1) is 7.44. The van der Waals surface area contributed by atoms with Crippen LogP contribution < -0.4 is 5.32 Å². The SMILES string of the molecule is CC(C)(C)OC(=O)C(C=O)C1CCNCC1. The zero-order valence-electron chi connectivity index (χ0n) is 10.3. The second-order valence-electron chi connectivity index (χ2n) is 5.28. The van der Waals surface area contributed by atoms with E-state index in [1.165, 1.54) is 0 Å². The van der Waals surface area contributed by atoms with E-state index in [1.807, 2.05) is 20.8 Å². The van der Waals surface area contributed by atoms with Gasteiger partial charge in [0.05, 0.1) is 0 Å². The molecule has 1 rings (SSSR count). The van der Waals surface area contributed by atoms with Crippen LogP contribution in [-0.4, -0.2) is 30.9 Å². The number of hydrogen-bond donors (Lipinski definition) is 1. The second kappa shape index (κ2) is 5.43. The number of esters is 1. The first-order valence-corrected chi connectivity index (χ1v) is 5.83. The van der Waals surface area contributed by atoms with Crippen molar-refractivity contribution in [3.63, 3.8) is 0 Å². The molecule has 0 amide bonds. The number of ether oxygens (including phenoxy) is 1. The molecule has 0 radical (unpaired) electrons. The van der Waals surface area contributed by atoms with Crippen molar-refractivity contribution in [3.05, 3.63) is 0 Å². The smallest absolute Gasteiger partial charge is 0.316 e. The molecule has 0 aromatic carbocycles. The van der Waals surface area contributed by atoms with Crippen LogP contribution in [0.25, 0.3) is 0 Å². The lowest BCUT2D eigenvalue weighted by atomic mass is 9.85. The number of rotatable bonds is 3. The third kappa shape index (κ3) is 3.93. The van der Waals surface area contributed by atoms with Crippen molar-refractivity contribution < 1.29 is 14.3 Å². The van der Waals surface area contributed by atoms with Crippen molar-refractivity contribution in [2.75, 3.05) is 13.1 Å². The van der Waals surface area contributed by atoms with Crippen LogP contribution in [0.5, 0.6) is 0 Å². The topological polar surface area (TPSA) is 55.4 Å². The maximum Gasteiger partial charge on any atom is 0.316 e. The lowest BCUT2D eigenvalue weighted by Gasteiger charge is -2.28. The molecule has 1 heterocycles. The molecule has 1 atom stereocenters. The van der Waals surface area contributed by atoms with E-state index in [4.69, 9.17) is 4.74 Å². The number of nitrogens with one attached hydrogen (secondary N) is 1.